The molecule has 7 nitrogen and oxygen atoms in total. The van der Waals surface area contributed by atoms with E-state index < -0.39 is 0 Å². The minimum absolute atomic E-state index is 0.0889. The zero-order valence-corrected chi connectivity index (χ0v) is 17.7. The van der Waals surface area contributed by atoms with E-state index in [0.29, 0.717) is 21.4 Å². The highest BCUT2D eigenvalue weighted by atomic mass is 35.5. The van der Waals surface area contributed by atoms with Crippen molar-refractivity contribution in [1.82, 2.24) is 9.78 Å². The molecule has 0 aliphatic carbocycles. The van der Waals surface area contributed by atoms with Gasteiger partial charge in [-0.3, -0.25) is 0 Å². The summed E-state index contributed by atoms with van der Waals surface area (Å²) in [6.07, 6.45) is 1.59. The first-order valence-electron chi connectivity index (χ1n) is 9.13. The van der Waals surface area contributed by atoms with Crippen LogP contribution in [0.3, 0.4) is 0 Å². The van der Waals surface area contributed by atoms with Gasteiger partial charge in [-0.1, -0.05) is 41.4 Å². The van der Waals surface area contributed by atoms with Gasteiger partial charge in [0.25, 0.3) is 0 Å². The molecule has 0 fully saturated rings. The molecular weight excluding hydrogens is 437 g/mol. The molecule has 0 amide bonds. The van der Waals surface area contributed by atoms with E-state index in [4.69, 9.17) is 38.8 Å². The average molecular weight is 454 g/mol. The molecular formula is C22H17Cl2N5O2. The number of ether oxygens (including phenoxy) is 1. The van der Waals surface area contributed by atoms with E-state index in [0.717, 1.165) is 5.56 Å². The number of aromatic nitrogens is 2. The Kier molecular flexibility index (Phi) is 7.17. The van der Waals surface area contributed by atoms with Crippen LogP contribution >= 0.6 is 23.2 Å². The van der Waals surface area contributed by atoms with Crippen molar-refractivity contribution < 1.29 is 9.84 Å². The molecule has 0 aliphatic rings. The van der Waals surface area contributed by atoms with Crippen LogP contribution in [-0.2, 0) is 13.2 Å². The summed E-state index contributed by atoms with van der Waals surface area (Å²) in [4.78, 5) is 0. The van der Waals surface area contributed by atoms with Gasteiger partial charge in [0.1, 0.15) is 41.6 Å². The summed E-state index contributed by atoms with van der Waals surface area (Å²) in [5, 5.41) is 33.5. The van der Waals surface area contributed by atoms with Gasteiger partial charge in [-0.15, -0.1) is 0 Å². The number of hydrogen-bond acceptors (Lipinski definition) is 6. The third-order valence-electron chi connectivity index (χ3n) is 4.37. The highest BCUT2D eigenvalue weighted by molar-refractivity contribution is 6.35. The molecule has 156 valence electrons. The Balaban J connectivity index is 1.87. The molecule has 0 saturated heterocycles. The molecule has 1 heterocycles. The third-order valence-corrected chi connectivity index (χ3v) is 4.96. The summed E-state index contributed by atoms with van der Waals surface area (Å²) in [6, 6.07) is 16.3. The Morgan fingerprint density at radius 2 is 2.03 bits per heavy atom. The zero-order valence-electron chi connectivity index (χ0n) is 16.2. The minimum atomic E-state index is -0.196. The maximum atomic E-state index is 9.64. The van der Waals surface area contributed by atoms with E-state index >= 15 is 0 Å². The van der Waals surface area contributed by atoms with Gasteiger partial charge in [0.15, 0.2) is 0 Å². The largest absolute Gasteiger partial charge is 0.489 e. The van der Waals surface area contributed by atoms with E-state index in [1.807, 2.05) is 6.07 Å². The number of hydrogen-bond donors (Lipinski definition) is 2. The Labute approximate surface area is 189 Å². The molecule has 0 spiro atoms. The first kappa shape index (κ1) is 22.2. The summed E-state index contributed by atoms with van der Waals surface area (Å²) in [5.41, 5.74) is 7.80. The molecule has 1 aromatic heterocycles. The van der Waals surface area contributed by atoms with Crippen LogP contribution in [0, 0.1) is 22.7 Å². The number of halogens is 2. The molecule has 3 aromatic rings. The fourth-order valence-corrected chi connectivity index (χ4v) is 3.32. The predicted octanol–water partition coefficient (Wildman–Crippen LogP) is 4.28. The zero-order chi connectivity index (χ0) is 22.4. The molecule has 31 heavy (non-hydrogen) atoms. The third kappa shape index (κ3) is 5.17. The summed E-state index contributed by atoms with van der Waals surface area (Å²) < 4.78 is 7.11. The van der Waals surface area contributed by atoms with Crippen LogP contribution in [0.1, 0.15) is 22.4 Å². The average Bonchev–Trinajstić information content (AvgIpc) is 3.07. The van der Waals surface area contributed by atoms with Crippen molar-refractivity contribution in [3.63, 3.8) is 0 Å². The number of nitrogen functional groups attached to an aromatic ring is 1. The number of nitrogens with zero attached hydrogens (tertiary/aromatic N) is 4. The SMILES string of the molecule is N#C/C(=C\c1cccc(OCc2ccc(Cl)cc2Cl)c1)c1nn(CCO)c(N)c1C#N. The maximum absolute atomic E-state index is 9.64. The summed E-state index contributed by atoms with van der Waals surface area (Å²) in [6.45, 7) is 0.170. The molecule has 0 unspecified atom stereocenters. The molecule has 3 rings (SSSR count). The number of anilines is 1. The van der Waals surface area contributed by atoms with Gasteiger partial charge in [-0.05, 0) is 35.9 Å². The smallest absolute Gasteiger partial charge is 0.140 e. The fraction of sp³-hybridized carbons (Fsp3) is 0.136. The van der Waals surface area contributed by atoms with E-state index in [1.165, 1.54) is 4.68 Å². The van der Waals surface area contributed by atoms with Gasteiger partial charge in [-0.2, -0.15) is 15.6 Å². The topological polar surface area (TPSA) is 121 Å². The van der Waals surface area contributed by atoms with Crippen molar-refractivity contribution >= 4 is 40.7 Å². The Bertz CT molecular complexity index is 1220. The Morgan fingerprint density at radius 3 is 2.71 bits per heavy atom. The van der Waals surface area contributed by atoms with Crippen LogP contribution < -0.4 is 10.5 Å². The van der Waals surface area contributed by atoms with E-state index in [2.05, 4.69) is 11.2 Å². The van der Waals surface area contributed by atoms with Crippen LogP contribution in [0.4, 0.5) is 5.82 Å². The van der Waals surface area contributed by atoms with Crippen LogP contribution in [-0.4, -0.2) is 21.5 Å². The minimum Gasteiger partial charge on any atom is -0.489 e. The highest BCUT2D eigenvalue weighted by Crippen LogP contribution is 2.27. The number of aliphatic hydroxyl groups is 1. The predicted molar refractivity (Wildman–Crippen MR) is 119 cm³/mol. The normalized spacial score (nSPS) is 11.1. The lowest BCUT2D eigenvalue weighted by molar-refractivity contribution is 0.270. The quantitative estimate of drug-likeness (QED) is 0.514. The van der Waals surface area contributed by atoms with Gasteiger partial charge in [0.05, 0.1) is 18.7 Å². The molecule has 0 atom stereocenters. The monoisotopic (exact) mass is 453 g/mol. The number of nitriles is 2. The summed E-state index contributed by atoms with van der Waals surface area (Å²) in [5.74, 6) is 0.674. The second kappa shape index (κ2) is 10.0. The number of allylic oxidation sites excluding steroid dienone is 1. The van der Waals surface area contributed by atoms with E-state index in [1.54, 1.807) is 48.5 Å². The van der Waals surface area contributed by atoms with Crippen LogP contribution in [0.5, 0.6) is 5.75 Å². The van der Waals surface area contributed by atoms with Gasteiger partial charge < -0.3 is 15.6 Å². The first-order chi connectivity index (χ1) is 15.0. The molecule has 0 saturated carbocycles. The van der Waals surface area contributed by atoms with Crippen molar-refractivity contribution in [3.05, 3.63) is 74.9 Å². The van der Waals surface area contributed by atoms with Gasteiger partial charge in [-0.25, -0.2) is 4.68 Å². The lowest BCUT2D eigenvalue weighted by Crippen LogP contribution is -2.07. The lowest BCUT2D eigenvalue weighted by atomic mass is 10.1. The Morgan fingerprint density at radius 1 is 1.23 bits per heavy atom. The second-order valence-corrected chi connectivity index (χ2v) is 7.28. The van der Waals surface area contributed by atoms with Gasteiger partial charge >= 0.3 is 0 Å². The van der Waals surface area contributed by atoms with Gasteiger partial charge in [0, 0.05) is 15.6 Å². The molecule has 2 aromatic carbocycles. The van der Waals surface area contributed by atoms with Gasteiger partial charge in [0.2, 0.25) is 0 Å². The molecule has 0 bridgehead atoms. The fourth-order valence-electron chi connectivity index (χ4n) is 2.85. The van der Waals surface area contributed by atoms with E-state index in [9.17, 15) is 10.5 Å². The molecule has 0 aliphatic heterocycles. The number of aliphatic hydroxyl groups excluding tert-OH is 1. The van der Waals surface area contributed by atoms with Crippen molar-refractivity contribution in [1.29, 1.82) is 10.5 Å². The second-order valence-electron chi connectivity index (χ2n) is 6.43. The number of benzene rings is 2. The highest BCUT2D eigenvalue weighted by Gasteiger charge is 2.18. The molecule has 3 N–H and O–H groups in total. The van der Waals surface area contributed by atoms with Crippen LogP contribution in [0.2, 0.25) is 10.0 Å². The summed E-state index contributed by atoms with van der Waals surface area (Å²) >= 11 is 12.1. The van der Waals surface area contributed by atoms with Crippen molar-refractivity contribution in [2.75, 3.05) is 12.3 Å². The van der Waals surface area contributed by atoms with Crippen molar-refractivity contribution in [2.45, 2.75) is 13.2 Å². The molecule has 9 heteroatoms. The maximum Gasteiger partial charge on any atom is 0.140 e. The first-order valence-corrected chi connectivity index (χ1v) is 9.88. The molecule has 0 radical (unpaired) electrons. The lowest BCUT2D eigenvalue weighted by Gasteiger charge is -2.09. The van der Waals surface area contributed by atoms with Crippen molar-refractivity contribution in [3.8, 4) is 17.9 Å². The standard InChI is InChI=1S/C22H17Cl2N5O2/c23-17-5-4-15(20(24)10-17)13-31-18-3-1-2-14(9-18)8-16(11-25)21-19(12-26)22(27)29(28-21)6-7-30/h1-5,8-10,30H,6-7,13,27H2/b16-8+. The number of nitrogens with two attached hydrogens (primary N) is 1. The Hall–Kier alpha value is -3.49. The van der Waals surface area contributed by atoms with E-state index in [-0.39, 0.29) is 42.4 Å². The van der Waals surface area contributed by atoms with Crippen LogP contribution in [0.15, 0.2) is 42.5 Å². The summed E-state index contributed by atoms with van der Waals surface area (Å²) in [7, 11) is 0. The van der Waals surface area contributed by atoms with Crippen LogP contribution in [0.25, 0.3) is 11.6 Å². The van der Waals surface area contributed by atoms with Crippen molar-refractivity contribution in [2.24, 2.45) is 0 Å². The number of rotatable bonds is 7.